The van der Waals surface area contributed by atoms with E-state index in [2.05, 4.69) is 38.0 Å². The molecule has 112 valence electrons. The monoisotopic (exact) mass is 266 g/mol. The Morgan fingerprint density at radius 1 is 1.05 bits per heavy atom. The van der Waals surface area contributed by atoms with Crippen LogP contribution in [0.5, 0.6) is 0 Å². The lowest BCUT2D eigenvalue weighted by Crippen LogP contribution is -2.55. The van der Waals surface area contributed by atoms with Gasteiger partial charge in [0.05, 0.1) is 0 Å². The first-order valence-electron chi connectivity index (χ1n) is 8.56. The van der Waals surface area contributed by atoms with Gasteiger partial charge in [0, 0.05) is 18.1 Å². The highest BCUT2D eigenvalue weighted by Gasteiger charge is 2.36. The summed E-state index contributed by atoms with van der Waals surface area (Å²) in [5, 5.41) is 3.61. The molecule has 0 aromatic carbocycles. The second-order valence-corrected chi connectivity index (χ2v) is 7.22. The van der Waals surface area contributed by atoms with Crippen LogP contribution in [-0.4, -0.2) is 36.6 Å². The number of hydrogen-bond acceptors (Lipinski definition) is 2. The molecule has 0 aromatic rings. The van der Waals surface area contributed by atoms with Crippen LogP contribution in [0.15, 0.2) is 0 Å². The molecule has 1 N–H and O–H groups in total. The molecule has 0 amide bonds. The Labute approximate surface area is 120 Å². The summed E-state index contributed by atoms with van der Waals surface area (Å²) in [5.41, 5.74) is 0. The van der Waals surface area contributed by atoms with E-state index in [0.29, 0.717) is 0 Å². The molecule has 1 heterocycles. The minimum Gasteiger partial charge on any atom is -0.315 e. The molecule has 2 heteroatoms. The number of likely N-dealkylation sites (tertiary alicyclic amines) is 1. The van der Waals surface area contributed by atoms with Crippen LogP contribution in [-0.2, 0) is 0 Å². The molecule has 2 rings (SSSR count). The molecule has 1 saturated heterocycles. The van der Waals surface area contributed by atoms with Gasteiger partial charge in [-0.25, -0.2) is 0 Å². The van der Waals surface area contributed by atoms with Crippen molar-refractivity contribution in [3.05, 3.63) is 0 Å². The van der Waals surface area contributed by atoms with Gasteiger partial charge in [0.2, 0.25) is 0 Å². The van der Waals surface area contributed by atoms with E-state index in [1.807, 2.05) is 0 Å². The van der Waals surface area contributed by atoms with Gasteiger partial charge in [-0.3, -0.25) is 4.90 Å². The highest BCUT2D eigenvalue weighted by atomic mass is 15.2. The van der Waals surface area contributed by atoms with Crippen LogP contribution in [0.3, 0.4) is 0 Å². The largest absolute Gasteiger partial charge is 0.315 e. The van der Waals surface area contributed by atoms with Crippen LogP contribution < -0.4 is 5.32 Å². The first-order chi connectivity index (χ1) is 9.13. The average Bonchev–Trinajstić information content (AvgIpc) is 2.62. The van der Waals surface area contributed by atoms with Gasteiger partial charge >= 0.3 is 0 Å². The molecule has 4 atom stereocenters. The van der Waals surface area contributed by atoms with Crippen molar-refractivity contribution in [2.75, 3.05) is 13.6 Å². The molecule has 2 aliphatic rings. The number of hydrogen-bond donors (Lipinski definition) is 1. The van der Waals surface area contributed by atoms with E-state index < -0.39 is 0 Å². The summed E-state index contributed by atoms with van der Waals surface area (Å²) in [6.45, 7) is 8.60. The number of likely N-dealkylation sites (N-methyl/N-ethyl adjacent to an activating group) is 1. The smallest absolute Gasteiger partial charge is 0.0254 e. The predicted octanol–water partition coefficient (Wildman–Crippen LogP) is 3.66. The van der Waals surface area contributed by atoms with E-state index in [-0.39, 0.29) is 0 Å². The maximum atomic E-state index is 3.61. The zero-order chi connectivity index (χ0) is 13.8. The highest BCUT2D eigenvalue weighted by molar-refractivity contribution is 4.93. The van der Waals surface area contributed by atoms with Crippen LogP contribution >= 0.6 is 0 Å². The Balaban J connectivity index is 2.07. The Hall–Kier alpha value is -0.0800. The predicted molar refractivity (Wildman–Crippen MR) is 83.5 cm³/mol. The minimum absolute atomic E-state index is 0.718. The standard InChI is InChI=1S/C17H34N2/c1-13(2)15-9-10-16(18-4)17(12-15)19-11-7-5-6-8-14(19)3/h13-18H,5-12H2,1-4H3. The summed E-state index contributed by atoms with van der Waals surface area (Å²) in [6.07, 6.45) is 9.87. The third-order valence-electron chi connectivity index (χ3n) is 5.70. The lowest BCUT2D eigenvalue weighted by molar-refractivity contribution is 0.0596. The fourth-order valence-corrected chi connectivity index (χ4v) is 4.28. The molecule has 4 unspecified atom stereocenters. The molecular formula is C17H34N2. The Bertz CT molecular complexity index is 264. The second kappa shape index (κ2) is 7.08. The SMILES string of the molecule is CNC1CCC(C(C)C)CC1N1CCCCCC1C. The van der Waals surface area contributed by atoms with E-state index >= 15 is 0 Å². The number of nitrogens with zero attached hydrogens (tertiary/aromatic N) is 1. The third-order valence-corrected chi connectivity index (χ3v) is 5.70. The van der Waals surface area contributed by atoms with Crippen molar-refractivity contribution in [3.63, 3.8) is 0 Å². The zero-order valence-corrected chi connectivity index (χ0v) is 13.5. The number of rotatable bonds is 3. The lowest BCUT2D eigenvalue weighted by atomic mass is 9.76. The van der Waals surface area contributed by atoms with Gasteiger partial charge in [0.1, 0.15) is 0 Å². The molecule has 2 fully saturated rings. The summed E-state index contributed by atoms with van der Waals surface area (Å²) in [7, 11) is 2.16. The molecule has 1 aliphatic heterocycles. The molecule has 1 saturated carbocycles. The Kier molecular flexibility index (Phi) is 5.70. The van der Waals surface area contributed by atoms with Crippen molar-refractivity contribution in [1.29, 1.82) is 0 Å². The van der Waals surface area contributed by atoms with E-state index in [9.17, 15) is 0 Å². The van der Waals surface area contributed by atoms with Crippen molar-refractivity contribution in [1.82, 2.24) is 10.2 Å². The summed E-state index contributed by atoms with van der Waals surface area (Å²) < 4.78 is 0. The van der Waals surface area contributed by atoms with E-state index in [1.54, 1.807) is 0 Å². The fraction of sp³-hybridized carbons (Fsp3) is 1.00. The van der Waals surface area contributed by atoms with E-state index in [4.69, 9.17) is 0 Å². The van der Waals surface area contributed by atoms with Crippen molar-refractivity contribution in [2.45, 2.75) is 83.8 Å². The molecule has 19 heavy (non-hydrogen) atoms. The van der Waals surface area contributed by atoms with Crippen molar-refractivity contribution < 1.29 is 0 Å². The van der Waals surface area contributed by atoms with Crippen molar-refractivity contribution in [2.24, 2.45) is 11.8 Å². The molecule has 2 nitrogen and oxygen atoms in total. The summed E-state index contributed by atoms with van der Waals surface area (Å²) in [4.78, 5) is 2.85. The molecule has 0 radical (unpaired) electrons. The first-order valence-corrected chi connectivity index (χ1v) is 8.56. The van der Waals surface area contributed by atoms with E-state index in [0.717, 1.165) is 30.0 Å². The molecule has 1 aliphatic carbocycles. The average molecular weight is 266 g/mol. The number of nitrogens with one attached hydrogen (secondary N) is 1. The molecule has 0 aromatic heterocycles. The highest BCUT2D eigenvalue weighted by Crippen LogP contribution is 2.34. The fourth-order valence-electron chi connectivity index (χ4n) is 4.28. The summed E-state index contributed by atoms with van der Waals surface area (Å²) >= 11 is 0. The Morgan fingerprint density at radius 3 is 2.53 bits per heavy atom. The molecular weight excluding hydrogens is 232 g/mol. The van der Waals surface area contributed by atoms with Crippen molar-refractivity contribution >= 4 is 0 Å². The van der Waals surface area contributed by atoms with Gasteiger partial charge in [0.15, 0.2) is 0 Å². The molecule has 0 spiro atoms. The van der Waals surface area contributed by atoms with E-state index in [1.165, 1.54) is 51.5 Å². The minimum atomic E-state index is 0.718. The Morgan fingerprint density at radius 2 is 1.84 bits per heavy atom. The van der Waals surface area contributed by atoms with Crippen LogP contribution in [0, 0.1) is 11.8 Å². The van der Waals surface area contributed by atoms with Gasteiger partial charge in [0.25, 0.3) is 0 Å². The van der Waals surface area contributed by atoms with Crippen LogP contribution in [0.1, 0.15) is 65.7 Å². The first kappa shape index (κ1) is 15.3. The van der Waals surface area contributed by atoms with Crippen LogP contribution in [0.4, 0.5) is 0 Å². The van der Waals surface area contributed by atoms with Gasteiger partial charge in [-0.1, -0.05) is 26.7 Å². The topological polar surface area (TPSA) is 15.3 Å². The third kappa shape index (κ3) is 3.72. The van der Waals surface area contributed by atoms with Crippen molar-refractivity contribution in [3.8, 4) is 0 Å². The zero-order valence-electron chi connectivity index (χ0n) is 13.5. The second-order valence-electron chi connectivity index (χ2n) is 7.22. The van der Waals surface area contributed by atoms with Gasteiger partial charge in [-0.05, 0) is 64.5 Å². The lowest BCUT2D eigenvalue weighted by Gasteiger charge is -2.45. The van der Waals surface area contributed by atoms with Gasteiger partial charge in [-0.2, -0.15) is 0 Å². The van der Waals surface area contributed by atoms with Crippen LogP contribution in [0.25, 0.3) is 0 Å². The molecule has 0 bridgehead atoms. The van der Waals surface area contributed by atoms with Gasteiger partial charge in [-0.15, -0.1) is 0 Å². The normalized spacial score (nSPS) is 38.4. The van der Waals surface area contributed by atoms with Crippen LogP contribution in [0.2, 0.25) is 0 Å². The quantitative estimate of drug-likeness (QED) is 0.838. The maximum Gasteiger partial charge on any atom is 0.0254 e. The van der Waals surface area contributed by atoms with Gasteiger partial charge < -0.3 is 5.32 Å². The summed E-state index contributed by atoms with van der Waals surface area (Å²) in [5.74, 6) is 1.78. The summed E-state index contributed by atoms with van der Waals surface area (Å²) in [6, 6.07) is 2.28. The maximum absolute atomic E-state index is 3.61.